The third-order valence-corrected chi connectivity index (χ3v) is 2.80. The molecule has 1 atom stereocenters. The molecule has 0 bridgehead atoms. The van der Waals surface area contributed by atoms with E-state index in [4.69, 9.17) is 0 Å². The summed E-state index contributed by atoms with van der Waals surface area (Å²) in [6.07, 6.45) is 6.62. The van der Waals surface area contributed by atoms with Gasteiger partial charge < -0.3 is 5.32 Å². The quantitative estimate of drug-likeness (QED) is 0.740. The van der Waals surface area contributed by atoms with Gasteiger partial charge in [0.05, 0.1) is 0 Å². The maximum Gasteiger partial charge on any atom is 0.220 e. The summed E-state index contributed by atoms with van der Waals surface area (Å²) in [7, 11) is 0. The van der Waals surface area contributed by atoms with Crippen LogP contribution in [0.2, 0.25) is 0 Å². The molecule has 82 valence electrons. The standard InChI is InChI=1S/C12H23NO/c1-12(2,3)9-5-7-10-6-4-8-11(14)13-10/h10H,4-9H2,1-3H3,(H,13,14)/t10-/m0/s1. The summed E-state index contributed by atoms with van der Waals surface area (Å²) in [6.45, 7) is 6.81. The summed E-state index contributed by atoms with van der Waals surface area (Å²) in [4.78, 5) is 11.1. The first-order valence-electron chi connectivity index (χ1n) is 5.77. The van der Waals surface area contributed by atoms with E-state index in [1.54, 1.807) is 0 Å². The number of carbonyl (C=O) groups excluding carboxylic acids is 1. The van der Waals surface area contributed by atoms with E-state index in [0.29, 0.717) is 11.5 Å². The highest BCUT2D eigenvalue weighted by molar-refractivity contribution is 5.76. The fourth-order valence-electron chi connectivity index (χ4n) is 1.98. The second-order valence-electron chi connectivity index (χ2n) is 5.61. The SMILES string of the molecule is CC(C)(C)CCC[C@@H]1CCCC(=O)N1. The summed E-state index contributed by atoms with van der Waals surface area (Å²) < 4.78 is 0. The van der Waals surface area contributed by atoms with E-state index in [9.17, 15) is 4.79 Å². The van der Waals surface area contributed by atoms with Crippen molar-refractivity contribution in [3.05, 3.63) is 0 Å². The van der Waals surface area contributed by atoms with Crippen molar-refractivity contribution in [1.82, 2.24) is 5.32 Å². The van der Waals surface area contributed by atoms with Gasteiger partial charge in [-0.05, 0) is 31.1 Å². The lowest BCUT2D eigenvalue weighted by molar-refractivity contribution is -0.123. The predicted octanol–water partition coefficient (Wildman–Crippen LogP) is 2.87. The Bertz CT molecular complexity index is 193. The molecule has 0 aromatic carbocycles. The van der Waals surface area contributed by atoms with Crippen molar-refractivity contribution in [3.63, 3.8) is 0 Å². The van der Waals surface area contributed by atoms with Crippen LogP contribution in [0.1, 0.15) is 59.3 Å². The maximum absolute atomic E-state index is 11.1. The van der Waals surface area contributed by atoms with Crippen LogP contribution in [0.15, 0.2) is 0 Å². The second-order valence-corrected chi connectivity index (χ2v) is 5.61. The highest BCUT2D eigenvalue weighted by atomic mass is 16.1. The molecule has 14 heavy (non-hydrogen) atoms. The van der Waals surface area contributed by atoms with Gasteiger partial charge in [-0.1, -0.05) is 27.2 Å². The maximum atomic E-state index is 11.1. The molecule has 0 spiro atoms. The van der Waals surface area contributed by atoms with Crippen molar-refractivity contribution in [2.45, 2.75) is 65.3 Å². The Hall–Kier alpha value is -0.530. The van der Waals surface area contributed by atoms with Crippen LogP contribution in [0.5, 0.6) is 0 Å². The van der Waals surface area contributed by atoms with Gasteiger partial charge in [0.25, 0.3) is 0 Å². The summed E-state index contributed by atoms with van der Waals surface area (Å²) in [6, 6.07) is 0.457. The van der Waals surface area contributed by atoms with E-state index in [-0.39, 0.29) is 5.91 Å². The number of nitrogens with one attached hydrogen (secondary N) is 1. The second kappa shape index (κ2) is 4.81. The van der Waals surface area contributed by atoms with E-state index in [2.05, 4.69) is 26.1 Å². The molecule has 0 aliphatic carbocycles. The molecule has 0 unspecified atom stereocenters. The molecule has 1 heterocycles. The molecule has 1 aliphatic rings. The molecule has 0 saturated carbocycles. The van der Waals surface area contributed by atoms with E-state index < -0.39 is 0 Å². The molecule has 2 nitrogen and oxygen atoms in total. The van der Waals surface area contributed by atoms with Crippen molar-refractivity contribution in [2.24, 2.45) is 5.41 Å². The molecular weight excluding hydrogens is 174 g/mol. The molecule has 1 fully saturated rings. The van der Waals surface area contributed by atoms with Gasteiger partial charge in [-0.2, -0.15) is 0 Å². The van der Waals surface area contributed by atoms with Crippen LogP contribution in [0, 0.1) is 5.41 Å². The fraction of sp³-hybridized carbons (Fsp3) is 0.917. The Morgan fingerprint density at radius 3 is 2.71 bits per heavy atom. The molecule has 1 rings (SSSR count). The molecule has 0 aromatic heterocycles. The molecule has 0 radical (unpaired) electrons. The average Bonchev–Trinajstić information content (AvgIpc) is 2.01. The lowest BCUT2D eigenvalue weighted by Gasteiger charge is -2.25. The van der Waals surface area contributed by atoms with Crippen molar-refractivity contribution < 1.29 is 4.79 Å². The Labute approximate surface area is 87.5 Å². The normalized spacial score (nSPS) is 23.4. The molecular formula is C12H23NO. The zero-order valence-corrected chi connectivity index (χ0v) is 9.73. The Balaban J connectivity index is 2.15. The van der Waals surface area contributed by atoms with Gasteiger partial charge >= 0.3 is 0 Å². The topological polar surface area (TPSA) is 29.1 Å². The zero-order valence-electron chi connectivity index (χ0n) is 9.73. The van der Waals surface area contributed by atoms with Gasteiger partial charge in [0.1, 0.15) is 0 Å². The minimum absolute atomic E-state index is 0.247. The van der Waals surface area contributed by atoms with Gasteiger partial charge in [-0.3, -0.25) is 4.79 Å². The van der Waals surface area contributed by atoms with Crippen LogP contribution in [0.25, 0.3) is 0 Å². The minimum atomic E-state index is 0.247. The Morgan fingerprint density at radius 2 is 2.14 bits per heavy atom. The summed E-state index contributed by atoms with van der Waals surface area (Å²) in [5.41, 5.74) is 0.429. The number of amides is 1. The zero-order chi connectivity index (χ0) is 10.6. The molecule has 0 aromatic rings. The van der Waals surface area contributed by atoms with Crippen molar-refractivity contribution in [1.29, 1.82) is 0 Å². The highest BCUT2D eigenvalue weighted by Crippen LogP contribution is 2.23. The lowest BCUT2D eigenvalue weighted by atomic mass is 9.88. The van der Waals surface area contributed by atoms with E-state index in [0.717, 1.165) is 19.3 Å². The third-order valence-electron chi connectivity index (χ3n) is 2.80. The smallest absolute Gasteiger partial charge is 0.220 e. The minimum Gasteiger partial charge on any atom is -0.353 e. The van der Waals surface area contributed by atoms with E-state index in [1.165, 1.54) is 19.3 Å². The van der Waals surface area contributed by atoms with Crippen molar-refractivity contribution >= 4 is 5.91 Å². The number of hydrogen-bond acceptors (Lipinski definition) is 1. The molecule has 1 amide bonds. The van der Waals surface area contributed by atoms with Crippen LogP contribution < -0.4 is 5.32 Å². The molecule has 2 heteroatoms. The van der Waals surface area contributed by atoms with Gasteiger partial charge in [0.2, 0.25) is 5.91 Å². The number of piperidine rings is 1. The van der Waals surface area contributed by atoms with Gasteiger partial charge in [-0.25, -0.2) is 0 Å². The Kier molecular flexibility index (Phi) is 3.97. The first-order chi connectivity index (χ1) is 6.47. The fourth-order valence-corrected chi connectivity index (χ4v) is 1.98. The van der Waals surface area contributed by atoms with E-state index >= 15 is 0 Å². The van der Waals surface area contributed by atoms with Crippen LogP contribution in [-0.2, 0) is 4.79 Å². The molecule has 1 N–H and O–H groups in total. The van der Waals surface area contributed by atoms with Gasteiger partial charge in [0.15, 0.2) is 0 Å². The lowest BCUT2D eigenvalue weighted by Crippen LogP contribution is -2.38. The Morgan fingerprint density at radius 1 is 1.43 bits per heavy atom. The third kappa shape index (κ3) is 4.64. The molecule has 1 aliphatic heterocycles. The van der Waals surface area contributed by atoms with Gasteiger partial charge in [0, 0.05) is 12.5 Å². The summed E-state index contributed by atoms with van der Waals surface area (Å²) in [5.74, 6) is 0.247. The monoisotopic (exact) mass is 197 g/mol. The van der Waals surface area contributed by atoms with Crippen molar-refractivity contribution in [2.75, 3.05) is 0 Å². The first-order valence-corrected chi connectivity index (χ1v) is 5.77. The average molecular weight is 197 g/mol. The van der Waals surface area contributed by atoms with E-state index in [1.807, 2.05) is 0 Å². The van der Waals surface area contributed by atoms with Crippen LogP contribution >= 0.6 is 0 Å². The van der Waals surface area contributed by atoms with Crippen LogP contribution in [0.3, 0.4) is 0 Å². The highest BCUT2D eigenvalue weighted by Gasteiger charge is 2.18. The number of carbonyl (C=O) groups is 1. The van der Waals surface area contributed by atoms with Crippen LogP contribution in [-0.4, -0.2) is 11.9 Å². The summed E-state index contributed by atoms with van der Waals surface area (Å²) in [5, 5.41) is 3.06. The first kappa shape index (κ1) is 11.5. The number of hydrogen-bond donors (Lipinski definition) is 1. The largest absolute Gasteiger partial charge is 0.353 e. The van der Waals surface area contributed by atoms with Crippen LogP contribution in [0.4, 0.5) is 0 Å². The number of rotatable bonds is 3. The van der Waals surface area contributed by atoms with Crippen molar-refractivity contribution in [3.8, 4) is 0 Å². The van der Waals surface area contributed by atoms with Gasteiger partial charge in [-0.15, -0.1) is 0 Å². The molecule has 1 saturated heterocycles. The predicted molar refractivity (Wildman–Crippen MR) is 59.1 cm³/mol. The summed E-state index contributed by atoms with van der Waals surface area (Å²) >= 11 is 0.